The highest BCUT2D eigenvalue weighted by atomic mass is 16.5. The van der Waals surface area contributed by atoms with Crippen molar-refractivity contribution in [2.24, 2.45) is 5.92 Å². The molecule has 0 unspecified atom stereocenters. The molecule has 0 aromatic heterocycles. The molecule has 5 nitrogen and oxygen atoms in total. The quantitative estimate of drug-likeness (QED) is 0.575. The van der Waals surface area contributed by atoms with Gasteiger partial charge in [0, 0.05) is 17.3 Å². The van der Waals surface area contributed by atoms with E-state index in [1.54, 1.807) is 12.1 Å². The van der Waals surface area contributed by atoms with Gasteiger partial charge in [0.05, 0.1) is 5.56 Å². The Hall–Kier alpha value is -3.60. The summed E-state index contributed by atoms with van der Waals surface area (Å²) in [6.07, 6.45) is 1.89. The second-order valence-electron chi connectivity index (χ2n) is 7.47. The van der Waals surface area contributed by atoms with Gasteiger partial charge in [0.15, 0.2) is 0 Å². The molecule has 2 N–H and O–H groups in total. The molecule has 1 fully saturated rings. The first-order chi connectivity index (χ1) is 14.6. The van der Waals surface area contributed by atoms with Gasteiger partial charge in [-0.05, 0) is 55.2 Å². The minimum absolute atomic E-state index is 0.0428. The van der Waals surface area contributed by atoms with E-state index in [2.05, 4.69) is 10.6 Å². The lowest BCUT2D eigenvalue weighted by Crippen LogP contribution is -2.17. The van der Waals surface area contributed by atoms with Crippen molar-refractivity contribution in [1.82, 2.24) is 0 Å². The van der Waals surface area contributed by atoms with Gasteiger partial charge >= 0.3 is 0 Å². The maximum atomic E-state index is 13.0. The first-order valence-electron chi connectivity index (χ1n) is 10.1. The summed E-state index contributed by atoms with van der Waals surface area (Å²) in [5, 5.41) is 5.91. The van der Waals surface area contributed by atoms with Gasteiger partial charge in [-0.3, -0.25) is 9.59 Å². The monoisotopic (exact) mass is 400 g/mol. The van der Waals surface area contributed by atoms with Crippen molar-refractivity contribution in [3.63, 3.8) is 0 Å². The van der Waals surface area contributed by atoms with Crippen LogP contribution < -0.4 is 15.4 Å². The van der Waals surface area contributed by atoms with Crippen LogP contribution >= 0.6 is 0 Å². The normalized spacial score (nSPS) is 12.8. The average molecular weight is 400 g/mol. The standard InChI is InChI=1S/C25H24N2O3/c1-17-21(26-24(28)19-14-15-19)11-7-12-22(17)27-25(29)20-10-5-6-13-23(20)30-16-18-8-3-2-4-9-18/h2-13,19H,14-16H2,1H3,(H,26,28)(H,27,29). The molecule has 0 aliphatic heterocycles. The number of benzene rings is 3. The molecule has 0 spiro atoms. The molecule has 0 radical (unpaired) electrons. The van der Waals surface area contributed by atoms with Crippen molar-refractivity contribution in [1.29, 1.82) is 0 Å². The molecule has 4 rings (SSSR count). The van der Waals surface area contributed by atoms with Crippen LogP contribution in [0.3, 0.4) is 0 Å². The summed E-state index contributed by atoms with van der Waals surface area (Å²) in [6.45, 7) is 2.27. The van der Waals surface area contributed by atoms with E-state index in [0.717, 1.165) is 29.7 Å². The van der Waals surface area contributed by atoms with Gasteiger partial charge in [0.1, 0.15) is 12.4 Å². The van der Waals surface area contributed by atoms with Gasteiger partial charge in [-0.1, -0.05) is 48.5 Å². The average Bonchev–Trinajstić information content (AvgIpc) is 3.61. The van der Waals surface area contributed by atoms with Crippen molar-refractivity contribution in [2.45, 2.75) is 26.4 Å². The van der Waals surface area contributed by atoms with Gasteiger partial charge in [0.25, 0.3) is 5.91 Å². The summed E-state index contributed by atoms with van der Waals surface area (Å²) in [5.74, 6) is 0.430. The summed E-state index contributed by atoms with van der Waals surface area (Å²) < 4.78 is 5.90. The molecule has 5 heteroatoms. The SMILES string of the molecule is Cc1c(NC(=O)c2ccccc2OCc2ccccc2)cccc1NC(=O)C1CC1. The number of rotatable bonds is 7. The fourth-order valence-electron chi connectivity index (χ4n) is 3.19. The molecule has 30 heavy (non-hydrogen) atoms. The molecule has 0 saturated heterocycles. The fraction of sp³-hybridized carbons (Fsp3) is 0.200. The van der Waals surface area contributed by atoms with Crippen LogP contribution in [-0.2, 0) is 11.4 Å². The number of anilines is 2. The summed E-state index contributed by atoms with van der Waals surface area (Å²) in [7, 11) is 0. The Balaban J connectivity index is 1.48. The number of carbonyl (C=O) groups is 2. The molecule has 0 heterocycles. The van der Waals surface area contributed by atoms with Gasteiger partial charge < -0.3 is 15.4 Å². The molecule has 2 amide bonds. The number of para-hydroxylation sites is 1. The summed E-state index contributed by atoms with van der Waals surface area (Å²) in [4.78, 5) is 25.1. The minimum Gasteiger partial charge on any atom is -0.488 e. The van der Waals surface area contributed by atoms with E-state index in [-0.39, 0.29) is 17.7 Å². The van der Waals surface area contributed by atoms with Gasteiger partial charge in [-0.15, -0.1) is 0 Å². The number of nitrogens with one attached hydrogen (secondary N) is 2. The predicted molar refractivity (Wildman–Crippen MR) is 118 cm³/mol. The number of hydrogen-bond acceptors (Lipinski definition) is 3. The van der Waals surface area contributed by atoms with E-state index in [4.69, 9.17) is 4.74 Å². The molecule has 152 valence electrons. The Morgan fingerprint density at radius 3 is 2.27 bits per heavy atom. The Labute approximate surface area is 176 Å². The zero-order valence-corrected chi connectivity index (χ0v) is 16.9. The number of amides is 2. The lowest BCUT2D eigenvalue weighted by Gasteiger charge is -2.15. The maximum Gasteiger partial charge on any atom is 0.259 e. The van der Waals surface area contributed by atoms with Crippen LogP contribution in [0.2, 0.25) is 0 Å². The highest BCUT2D eigenvalue weighted by molar-refractivity contribution is 6.07. The second-order valence-corrected chi connectivity index (χ2v) is 7.47. The van der Waals surface area contributed by atoms with Crippen LogP contribution in [0.25, 0.3) is 0 Å². The maximum absolute atomic E-state index is 13.0. The van der Waals surface area contributed by atoms with Gasteiger partial charge in [-0.2, -0.15) is 0 Å². The zero-order chi connectivity index (χ0) is 20.9. The van der Waals surface area contributed by atoms with E-state index in [1.807, 2.05) is 67.6 Å². The van der Waals surface area contributed by atoms with E-state index in [0.29, 0.717) is 23.6 Å². The highest BCUT2D eigenvalue weighted by Gasteiger charge is 2.30. The van der Waals surface area contributed by atoms with Crippen LogP contribution in [-0.4, -0.2) is 11.8 Å². The lowest BCUT2D eigenvalue weighted by atomic mass is 10.1. The smallest absolute Gasteiger partial charge is 0.259 e. The van der Waals surface area contributed by atoms with Crippen molar-refractivity contribution in [3.05, 3.63) is 89.5 Å². The summed E-state index contributed by atoms with van der Waals surface area (Å²) in [6, 6.07) is 22.5. The summed E-state index contributed by atoms with van der Waals surface area (Å²) in [5.41, 5.74) is 3.69. The topological polar surface area (TPSA) is 67.4 Å². The Kier molecular flexibility index (Phi) is 5.80. The number of carbonyl (C=O) groups excluding carboxylic acids is 2. The molecule has 1 aliphatic carbocycles. The van der Waals surface area contributed by atoms with Gasteiger partial charge in [0.2, 0.25) is 5.91 Å². The highest BCUT2D eigenvalue weighted by Crippen LogP contribution is 2.32. The van der Waals surface area contributed by atoms with Crippen LogP contribution in [0.5, 0.6) is 5.75 Å². The Morgan fingerprint density at radius 1 is 0.867 bits per heavy atom. The van der Waals surface area contributed by atoms with Crippen LogP contribution in [0.15, 0.2) is 72.8 Å². The van der Waals surface area contributed by atoms with Crippen molar-refractivity contribution in [2.75, 3.05) is 10.6 Å². The van der Waals surface area contributed by atoms with Crippen LogP contribution in [0, 0.1) is 12.8 Å². The molecule has 1 saturated carbocycles. The Bertz CT molecular complexity index is 1060. The number of ether oxygens (including phenoxy) is 1. The molecular formula is C25H24N2O3. The number of hydrogen-bond donors (Lipinski definition) is 2. The summed E-state index contributed by atoms with van der Waals surface area (Å²) >= 11 is 0. The van der Waals surface area contributed by atoms with Crippen LogP contribution in [0.4, 0.5) is 11.4 Å². The minimum atomic E-state index is -0.257. The van der Waals surface area contributed by atoms with E-state index < -0.39 is 0 Å². The lowest BCUT2D eigenvalue weighted by molar-refractivity contribution is -0.117. The predicted octanol–water partition coefficient (Wildman–Crippen LogP) is 5.17. The van der Waals surface area contributed by atoms with E-state index >= 15 is 0 Å². The van der Waals surface area contributed by atoms with Gasteiger partial charge in [-0.25, -0.2) is 0 Å². The zero-order valence-electron chi connectivity index (χ0n) is 16.9. The first-order valence-corrected chi connectivity index (χ1v) is 10.1. The molecule has 1 aliphatic rings. The molecule has 3 aromatic rings. The molecule has 3 aromatic carbocycles. The van der Waals surface area contributed by atoms with Crippen molar-refractivity contribution in [3.8, 4) is 5.75 Å². The van der Waals surface area contributed by atoms with Crippen LogP contribution in [0.1, 0.15) is 34.3 Å². The Morgan fingerprint density at radius 2 is 1.53 bits per heavy atom. The largest absolute Gasteiger partial charge is 0.488 e. The first kappa shape index (κ1) is 19.7. The van der Waals surface area contributed by atoms with Crippen molar-refractivity contribution < 1.29 is 14.3 Å². The second kappa shape index (κ2) is 8.82. The van der Waals surface area contributed by atoms with Crippen molar-refractivity contribution >= 4 is 23.2 Å². The third-order valence-electron chi connectivity index (χ3n) is 5.16. The fourth-order valence-corrected chi connectivity index (χ4v) is 3.19. The van der Waals surface area contributed by atoms with E-state index in [9.17, 15) is 9.59 Å². The molecule has 0 atom stereocenters. The third kappa shape index (κ3) is 4.69. The molecular weight excluding hydrogens is 376 g/mol. The molecule has 0 bridgehead atoms. The third-order valence-corrected chi connectivity index (χ3v) is 5.16. The van der Waals surface area contributed by atoms with E-state index in [1.165, 1.54) is 0 Å².